The zero-order chi connectivity index (χ0) is 9.10. The van der Waals surface area contributed by atoms with Crippen molar-refractivity contribution in [2.75, 3.05) is 19.8 Å². The molecular weight excluding hydrogens is 164 g/mol. The Morgan fingerprint density at radius 2 is 2.46 bits per heavy atom. The van der Waals surface area contributed by atoms with Gasteiger partial charge in [-0.05, 0) is 18.6 Å². The summed E-state index contributed by atoms with van der Waals surface area (Å²) in [4.78, 5) is 4.36. The maximum Gasteiger partial charge on any atom is 0.0733 e. The number of morpholine rings is 1. The molecule has 13 heavy (non-hydrogen) atoms. The number of rotatable bonds is 1. The van der Waals surface area contributed by atoms with Crippen molar-refractivity contribution < 1.29 is 4.74 Å². The molecule has 1 aliphatic rings. The van der Waals surface area contributed by atoms with E-state index in [4.69, 9.17) is 4.74 Å². The molecule has 1 unspecified atom stereocenters. The molecule has 1 saturated heterocycles. The smallest absolute Gasteiger partial charge is 0.0733 e. The SMILES string of the molecule is Cc1ccc(C2COCCN2)nc1. The number of hydrogen-bond donors (Lipinski definition) is 1. The fourth-order valence-electron chi connectivity index (χ4n) is 1.44. The Hall–Kier alpha value is -0.930. The third-order valence-corrected chi connectivity index (χ3v) is 2.21. The van der Waals surface area contributed by atoms with E-state index in [9.17, 15) is 0 Å². The first kappa shape index (κ1) is 8.66. The van der Waals surface area contributed by atoms with Crippen molar-refractivity contribution in [3.05, 3.63) is 29.6 Å². The molecular formula is C10H14N2O. The fourth-order valence-corrected chi connectivity index (χ4v) is 1.44. The summed E-state index contributed by atoms with van der Waals surface area (Å²) in [5.74, 6) is 0. The third kappa shape index (κ3) is 2.05. The maximum atomic E-state index is 5.36. The highest BCUT2D eigenvalue weighted by molar-refractivity contribution is 5.15. The van der Waals surface area contributed by atoms with Crippen LogP contribution in [-0.4, -0.2) is 24.7 Å². The first-order valence-corrected chi connectivity index (χ1v) is 4.60. The lowest BCUT2D eigenvalue weighted by Crippen LogP contribution is -2.35. The van der Waals surface area contributed by atoms with Gasteiger partial charge in [0.25, 0.3) is 0 Å². The van der Waals surface area contributed by atoms with E-state index in [-0.39, 0.29) is 6.04 Å². The number of nitrogens with zero attached hydrogens (tertiary/aromatic N) is 1. The topological polar surface area (TPSA) is 34.1 Å². The van der Waals surface area contributed by atoms with Crippen LogP contribution in [0.25, 0.3) is 0 Å². The molecule has 0 spiro atoms. The van der Waals surface area contributed by atoms with Crippen LogP contribution in [0.15, 0.2) is 18.3 Å². The Balaban J connectivity index is 2.10. The molecule has 2 rings (SSSR count). The minimum Gasteiger partial charge on any atom is -0.378 e. The summed E-state index contributed by atoms with van der Waals surface area (Å²) in [6.45, 7) is 4.50. The second kappa shape index (κ2) is 3.85. The van der Waals surface area contributed by atoms with Crippen molar-refractivity contribution in [1.29, 1.82) is 0 Å². The van der Waals surface area contributed by atoms with E-state index in [1.807, 2.05) is 13.1 Å². The summed E-state index contributed by atoms with van der Waals surface area (Å²) < 4.78 is 5.36. The van der Waals surface area contributed by atoms with Crippen LogP contribution < -0.4 is 5.32 Å². The molecule has 3 nitrogen and oxygen atoms in total. The van der Waals surface area contributed by atoms with Crippen LogP contribution in [0.5, 0.6) is 0 Å². The Labute approximate surface area is 78.1 Å². The maximum absolute atomic E-state index is 5.36. The van der Waals surface area contributed by atoms with Crippen LogP contribution in [0.2, 0.25) is 0 Å². The van der Waals surface area contributed by atoms with Gasteiger partial charge in [-0.2, -0.15) is 0 Å². The molecule has 2 heterocycles. The third-order valence-electron chi connectivity index (χ3n) is 2.21. The van der Waals surface area contributed by atoms with E-state index in [0.717, 1.165) is 25.5 Å². The monoisotopic (exact) mass is 178 g/mol. The highest BCUT2D eigenvalue weighted by Crippen LogP contribution is 2.12. The van der Waals surface area contributed by atoms with Crippen molar-refractivity contribution in [3.8, 4) is 0 Å². The van der Waals surface area contributed by atoms with E-state index in [2.05, 4.69) is 22.4 Å². The molecule has 0 aliphatic carbocycles. The van der Waals surface area contributed by atoms with Gasteiger partial charge in [0.05, 0.1) is 24.9 Å². The summed E-state index contributed by atoms with van der Waals surface area (Å²) in [5, 5.41) is 3.37. The molecule has 0 aromatic carbocycles. The summed E-state index contributed by atoms with van der Waals surface area (Å²) in [7, 11) is 0. The first-order valence-electron chi connectivity index (χ1n) is 4.60. The molecule has 0 radical (unpaired) electrons. The van der Waals surface area contributed by atoms with Crippen LogP contribution in [0.1, 0.15) is 17.3 Å². The minimum atomic E-state index is 0.273. The van der Waals surface area contributed by atoms with Gasteiger partial charge in [0.1, 0.15) is 0 Å². The lowest BCUT2D eigenvalue weighted by Gasteiger charge is -2.23. The Morgan fingerprint density at radius 1 is 1.54 bits per heavy atom. The van der Waals surface area contributed by atoms with Gasteiger partial charge in [-0.25, -0.2) is 0 Å². The van der Waals surface area contributed by atoms with Crippen LogP contribution in [0.3, 0.4) is 0 Å². The average molecular weight is 178 g/mol. The number of aryl methyl sites for hydroxylation is 1. The summed E-state index contributed by atoms with van der Waals surface area (Å²) in [6, 6.07) is 4.41. The fraction of sp³-hybridized carbons (Fsp3) is 0.500. The number of pyridine rings is 1. The predicted octanol–water partition coefficient (Wildman–Crippen LogP) is 1.05. The van der Waals surface area contributed by atoms with Crippen molar-refractivity contribution in [2.24, 2.45) is 0 Å². The minimum absolute atomic E-state index is 0.273. The number of nitrogens with one attached hydrogen (secondary N) is 1. The zero-order valence-corrected chi connectivity index (χ0v) is 7.79. The van der Waals surface area contributed by atoms with Gasteiger partial charge in [-0.15, -0.1) is 0 Å². The van der Waals surface area contributed by atoms with E-state index in [1.165, 1.54) is 5.56 Å². The van der Waals surface area contributed by atoms with Crippen LogP contribution in [-0.2, 0) is 4.74 Å². The Kier molecular flexibility index (Phi) is 2.57. The van der Waals surface area contributed by atoms with Crippen molar-refractivity contribution >= 4 is 0 Å². The predicted molar refractivity (Wildman–Crippen MR) is 50.5 cm³/mol. The molecule has 0 bridgehead atoms. The standard InChI is InChI=1S/C10H14N2O/c1-8-2-3-9(12-6-8)10-7-13-5-4-11-10/h2-3,6,10-11H,4-5,7H2,1H3. The quantitative estimate of drug-likeness (QED) is 0.698. The van der Waals surface area contributed by atoms with Gasteiger partial charge in [-0.3, -0.25) is 4.98 Å². The van der Waals surface area contributed by atoms with Gasteiger partial charge >= 0.3 is 0 Å². The summed E-state index contributed by atoms with van der Waals surface area (Å²) in [5.41, 5.74) is 2.27. The number of aromatic nitrogens is 1. The van der Waals surface area contributed by atoms with E-state index >= 15 is 0 Å². The molecule has 1 aliphatic heterocycles. The van der Waals surface area contributed by atoms with Crippen molar-refractivity contribution in [3.63, 3.8) is 0 Å². The molecule has 3 heteroatoms. The normalized spacial score (nSPS) is 23.0. The molecule has 1 fully saturated rings. The van der Waals surface area contributed by atoms with Crippen LogP contribution in [0.4, 0.5) is 0 Å². The second-order valence-electron chi connectivity index (χ2n) is 3.34. The molecule has 1 aromatic heterocycles. The van der Waals surface area contributed by atoms with Gasteiger partial charge in [0, 0.05) is 12.7 Å². The largest absolute Gasteiger partial charge is 0.378 e. The van der Waals surface area contributed by atoms with Gasteiger partial charge < -0.3 is 10.1 Å². The van der Waals surface area contributed by atoms with Gasteiger partial charge in [0.15, 0.2) is 0 Å². The summed E-state index contributed by atoms with van der Waals surface area (Å²) >= 11 is 0. The molecule has 1 N–H and O–H groups in total. The number of hydrogen-bond acceptors (Lipinski definition) is 3. The Morgan fingerprint density at radius 3 is 3.08 bits per heavy atom. The molecule has 70 valence electrons. The summed E-state index contributed by atoms with van der Waals surface area (Å²) in [6.07, 6.45) is 1.89. The molecule has 0 amide bonds. The van der Waals surface area contributed by atoms with Crippen LogP contribution in [0, 0.1) is 6.92 Å². The van der Waals surface area contributed by atoms with Gasteiger partial charge in [0.2, 0.25) is 0 Å². The Bertz CT molecular complexity index is 265. The molecule has 1 atom stereocenters. The second-order valence-corrected chi connectivity index (χ2v) is 3.34. The van der Waals surface area contributed by atoms with E-state index < -0.39 is 0 Å². The number of ether oxygens (including phenoxy) is 1. The van der Waals surface area contributed by atoms with Gasteiger partial charge in [-0.1, -0.05) is 6.07 Å². The molecule has 0 saturated carbocycles. The van der Waals surface area contributed by atoms with E-state index in [1.54, 1.807) is 0 Å². The highest BCUT2D eigenvalue weighted by Gasteiger charge is 2.15. The van der Waals surface area contributed by atoms with Crippen LogP contribution >= 0.6 is 0 Å². The van der Waals surface area contributed by atoms with Crippen molar-refractivity contribution in [2.45, 2.75) is 13.0 Å². The lowest BCUT2D eigenvalue weighted by molar-refractivity contribution is 0.0756. The average Bonchev–Trinajstić information content (AvgIpc) is 2.20. The van der Waals surface area contributed by atoms with Crippen molar-refractivity contribution in [1.82, 2.24) is 10.3 Å². The molecule has 1 aromatic rings. The van der Waals surface area contributed by atoms with E-state index in [0.29, 0.717) is 0 Å². The lowest BCUT2D eigenvalue weighted by atomic mass is 10.1. The highest BCUT2D eigenvalue weighted by atomic mass is 16.5. The first-order chi connectivity index (χ1) is 6.36. The zero-order valence-electron chi connectivity index (χ0n) is 7.79.